The molecule has 0 atom stereocenters. The molecule has 1 heterocycles. The van der Waals surface area contributed by atoms with Crippen molar-refractivity contribution in [3.05, 3.63) is 40.2 Å². The van der Waals surface area contributed by atoms with Crippen LogP contribution in [0, 0.1) is 0 Å². The first-order valence-electron chi connectivity index (χ1n) is 7.08. The molecule has 116 valence electrons. The Kier molecular flexibility index (Phi) is 3.58. The molecule has 3 N–H and O–H groups in total. The fraction of sp³-hybridized carbons (Fsp3) is 0.333. The van der Waals surface area contributed by atoms with Crippen LogP contribution in [0.1, 0.15) is 29.2 Å². The molecule has 0 radical (unpaired) electrons. The summed E-state index contributed by atoms with van der Waals surface area (Å²) in [7, 11) is 0. The maximum absolute atomic E-state index is 13.9. The van der Waals surface area contributed by atoms with Crippen LogP contribution in [0.4, 0.5) is 10.2 Å². The van der Waals surface area contributed by atoms with E-state index in [4.69, 9.17) is 10.8 Å². The molecule has 1 aromatic heterocycles. The highest BCUT2D eigenvalue weighted by atomic mass is 19.2. The summed E-state index contributed by atoms with van der Waals surface area (Å²) in [5.41, 5.74) is 5.39. The summed E-state index contributed by atoms with van der Waals surface area (Å²) < 4.78 is 15.7. The third-order valence-electron chi connectivity index (χ3n) is 3.79. The first kappa shape index (κ1) is 14.5. The summed E-state index contributed by atoms with van der Waals surface area (Å²) in [5.74, 6) is -1.25. The van der Waals surface area contributed by atoms with E-state index in [1.54, 1.807) is 10.6 Å². The smallest absolute Gasteiger partial charge is 0.341 e. The van der Waals surface area contributed by atoms with Crippen LogP contribution in [0.5, 0.6) is 0 Å². The number of anilines is 1. The lowest BCUT2D eigenvalue weighted by Crippen LogP contribution is -2.22. The Morgan fingerprint density at radius 3 is 2.77 bits per heavy atom. The Hall–Kier alpha value is -2.41. The average Bonchev–Trinajstić information content (AvgIpc) is 3.32. The number of halogens is 1. The van der Waals surface area contributed by atoms with Gasteiger partial charge in [-0.05, 0) is 31.0 Å². The zero-order chi connectivity index (χ0) is 15.9. The Labute approximate surface area is 125 Å². The van der Waals surface area contributed by atoms with Gasteiger partial charge in [0.05, 0.1) is 17.7 Å². The molecule has 1 aliphatic rings. The summed E-state index contributed by atoms with van der Waals surface area (Å²) >= 11 is 0. The zero-order valence-electron chi connectivity index (χ0n) is 11.8. The van der Waals surface area contributed by atoms with Gasteiger partial charge in [-0.25, -0.2) is 9.92 Å². The van der Waals surface area contributed by atoms with Crippen molar-refractivity contribution >= 4 is 22.6 Å². The van der Waals surface area contributed by atoms with Gasteiger partial charge >= 0.3 is 5.97 Å². The van der Waals surface area contributed by atoms with E-state index in [2.05, 4.69) is 0 Å². The molecule has 22 heavy (non-hydrogen) atoms. The van der Waals surface area contributed by atoms with Gasteiger partial charge in [0, 0.05) is 24.2 Å². The molecular formula is C15H16FN3O3. The van der Waals surface area contributed by atoms with E-state index in [0.717, 1.165) is 12.8 Å². The number of carbonyl (C=O) groups is 1. The highest BCUT2D eigenvalue weighted by Crippen LogP contribution is 2.37. The predicted octanol–water partition coefficient (Wildman–Crippen LogP) is 1.68. The summed E-state index contributed by atoms with van der Waals surface area (Å²) in [6.45, 7) is 0.217. The van der Waals surface area contributed by atoms with Crippen molar-refractivity contribution in [1.82, 2.24) is 4.57 Å². The van der Waals surface area contributed by atoms with E-state index in [0.29, 0.717) is 16.3 Å². The fourth-order valence-corrected chi connectivity index (χ4v) is 2.54. The van der Waals surface area contributed by atoms with Crippen LogP contribution >= 0.6 is 0 Å². The minimum atomic E-state index is -1.25. The van der Waals surface area contributed by atoms with Crippen LogP contribution in [0.3, 0.4) is 0 Å². The van der Waals surface area contributed by atoms with E-state index in [-0.39, 0.29) is 30.1 Å². The van der Waals surface area contributed by atoms with Crippen molar-refractivity contribution in [3.8, 4) is 0 Å². The van der Waals surface area contributed by atoms with Crippen molar-refractivity contribution in [2.45, 2.75) is 18.9 Å². The molecule has 6 nitrogen and oxygen atoms in total. The number of nitrogens with zero attached hydrogens (tertiary/aromatic N) is 2. The minimum Gasteiger partial charge on any atom is -0.477 e. The van der Waals surface area contributed by atoms with Gasteiger partial charge < -0.3 is 15.4 Å². The number of nitrogens with two attached hydrogens (primary N) is 1. The maximum atomic E-state index is 13.9. The number of carboxylic acid groups (broad SMARTS) is 1. The molecule has 0 unspecified atom stereocenters. The summed E-state index contributed by atoms with van der Waals surface area (Å²) in [6, 6.07) is 4.67. The zero-order valence-corrected chi connectivity index (χ0v) is 11.8. The number of pyridine rings is 1. The summed E-state index contributed by atoms with van der Waals surface area (Å²) in [6.07, 6.45) is 3.20. The second-order valence-electron chi connectivity index (χ2n) is 5.39. The molecule has 0 saturated heterocycles. The molecule has 1 saturated carbocycles. The van der Waals surface area contributed by atoms with E-state index in [1.165, 1.54) is 18.3 Å². The van der Waals surface area contributed by atoms with Crippen molar-refractivity contribution in [2.75, 3.05) is 18.2 Å². The number of fused-ring (bicyclic) bond motifs is 1. The average molecular weight is 305 g/mol. The van der Waals surface area contributed by atoms with E-state index in [9.17, 15) is 14.1 Å². The van der Waals surface area contributed by atoms with E-state index < -0.39 is 11.4 Å². The lowest BCUT2D eigenvalue weighted by molar-refractivity contribution is 0.0695. The molecule has 2 aromatic rings. The third-order valence-corrected chi connectivity index (χ3v) is 3.79. The number of hydrogen-bond donors (Lipinski definition) is 2. The Balaban J connectivity index is 2.23. The Bertz CT molecular complexity index is 798. The van der Waals surface area contributed by atoms with Gasteiger partial charge in [0.15, 0.2) is 0 Å². The Morgan fingerprint density at radius 2 is 2.18 bits per heavy atom. The maximum Gasteiger partial charge on any atom is 0.341 e. The first-order valence-corrected chi connectivity index (χ1v) is 7.08. The molecule has 3 rings (SSSR count). The second-order valence-corrected chi connectivity index (χ2v) is 5.39. The third kappa shape index (κ3) is 2.43. The SMILES string of the molecule is NCCN(F)c1ccc2c(=O)c(C(=O)O)cn(C3CC3)c2c1. The van der Waals surface area contributed by atoms with Crippen molar-refractivity contribution in [2.24, 2.45) is 5.73 Å². The van der Waals surface area contributed by atoms with E-state index in [1.807, 2.05) is 0 Å². The van der Waals surface area contributed by atoms with Crippen LogP contribution in [-0.4, -0.2) is 28.7 Å². The van der Waals surface area contributed by atoms with Crippen LogP contribution in [0.15, 0.2) is 29.2 Å². The first-order chi connectivity index (χ1) is 10.5. The normalized spacial score (nSPS) is 14.3. The molecule has 0 amide bonds. The quantitative estimate of drug-likeness (QED) is 0.821. The number of carboxylic acids is 1. The van der Waals surface area contributed by atoms with Gasteiger partial charge in [-0.2, -0.15) is 0 Å². The second kappa shape index (κ2) is 5.42. The van der Waals surface area contributed by atoms with Crippen LogP contribution in [0.25, 0.3) is 10.9 Å². The molecule has 0 spiro atoms. The number of aromatic nitrogens is 1. The van der Waals surface area contributed by atoms with Crippen molar-refractivity contribution < 1.29 is 14.4 Å². The lowest BCUT2D eigenvalue weighted by Gasteiger charge is -2.16. The van der Waals surface area contributed by atoms with Gasteiger partial charge in [-0.1, -0.05) is 4.48 Å². The van der Waals surface area contributed by atoms with Crippen molar-refractivity contribution in [3.63, 3.8) is 0 Å². The topological polar surface area (TPSA) is 88.6 Å². The number of rotatable bonds is 5. The van der Waals surface area contributed by atoms with Gasteiger partial charge in [0.1, 0.15) is 5.56 Å². The van der Waals surface area contributed by atoms with Crippen LogP contribution in [-0.2, 0) is 0 Å². The lowest BCUT2D eigenvalue weighted by atomic mass is 10.1. The van der Waals surface area contributed by atoms with Gasteiger partial charge in [-0.3, -0.25) is 4.79 Å². The molecule has 0 aliphatic heterocycles. The van der Waals surface area contributed by atoms with E-state index >= 15 is 0 Å². The Morgan fingerprint density at radius 1 is 1.45 bits per heavy atom. The van der Waals surface area contributed by atoms with Crippen molar-refractivity contribution in [1.29, 1.82) is 0 Å². The standard InChI is InChI=1S/C15H16FN3O3/c16-19(6-5-17)10-3-4-11-13(7-10)18(9-1-2-9)8-12(14(11)20)15(21)22/h3-4,7-9H,1-2,5-6,17H2,(H,21,22). The summed E-state index contributed by atoms with van der Waals surface area (Å²) in [4.78, 5) is 23.5. The predicted molar refractivity (Wildman–Crippen MR) is 80.9 cm³/mol. The fourth-order valence-electron chi connectivity index (χ4n) is 2.54. The van der Waals surface area contributed by atoms with Gasteiger partial charge in [0.2, 0.25) is 5.43 Å². The van der Waals surface area contributed by atoms with Crippen LogP contribution in [0.2, 0.25) is 0 Å². The molecule has 1 fully saturated rings. The highest BCUT2D eigenvalue weighted by Gasteiger charge is 2.27. The largest absolute Gasteiger partial charge is 0.477 e. The van der Waals surface area contributed by atoms with Gasteiger partial charge in [-0.15, -0.1) is 0 Å². The molecular weight excluding hydrogens is 289 g/mol. The van der Waals surface area contributed by atoms with Gasteiger partial charge in [0.25, 0.3) is 0 Å². The number of benzene rings is 1. The molecule has 1 aliphatic carbocycles. The monoisotopic (exact) mass is 305 g/mol. The minimum absolute atomic E-state index is 0.0480. The molecule has 7 heteroatoms. The molecule has 1 aromatic carbocycles. The molecule has 0 bridgehead atoms. The summed E-state index contributed by atoms with van der Waals surface area (Å²) in [5, 5.41) is 9.98. The van der Waals surface area contributed by atoms with Crippen LogP contribution < -0.4 is 16.3 Å². The number of hydrogen-bond acceptors (Lipinski definition) is 4. The number of aromatic carboxylic acids is 1. The highest BCUT2D eigenvalue weighted by molar-refractivity contribution is 5.93.